The molecule has 100 valence electrons. The lowest BCUT2D eigenvalue weighted by atomic mass is 10.1. The van der Waals surface area contributed by atoms with Gasteiger partial charge >= 0.3 is 0 Å². The second-order valence-electron chi connectivity index (χ2n) is 4.58. The summed E-state index contributed by atoms with van der Waals surface area (Å²) < 4.78 is 0. The molecular formula is C15H25AlO2. The Labute approximate surface area is 115 Å². The van der Waals surface area contributed by atoms with Gasteiger partial charge in [-0.3, -0.25) is 4.79 Å². The first-order chi connectivity index (χ1) is 8.60. The van der Waals surface area contributed by atoms with Gasteiger partial charge in [0, 0.05) is 6.92 Å². The summed E-state index contributed by atoms with van der Waals surface area (Å²) in [6, 6.07) is 10.9. The Bertz CT molecular complexity index is 304. The highest BCUT2D eigenvalue weighted by molar-refractivity contribution is 6.58. The van der Waals surface area contributed by atoms with Crippen LogP contribution in [0.25, 0.3) is 0 Å². The van der Waals surface area contributed by atoms with Crippen molar-refractivity contribution in [2.75, 3.05) is 0 Å². The van der Waals surface area contributed by atoms with Gasteiger partial charge in [0.15, 0.2) is 0 Å². The van der Waals surface area contributed by atoms with Gasteiger partial charge in [-0.1, -0.05) is 66.4 Å². The van der Waals surface area contributed by atoms with Gasteiger partial charge in [0.1, 0.15) is 0 Å². The van der Waals surface area contributed by atoms with Crippen LogP contribution in [0.3, 0.4) is 0 Å². The number of benzene rings is 1. The minimum Gasteiger partial charge on any atom is -0.481 e. The number of carboxylic acids is 1. The topological polar surface area (TPSA) is 37.3 Å². The number of hydrogen-bond acceptors (Lipinski definition) is 1. The molecule has 0 atom stereocenters. The Morgan fingerprint density at radius 1 is 1.17 bits per heavy atom. The van der Waals surface area contributed by atoms with E-state index in [9.17, 15) is 0 Å². The highest BCUT2D eigenvalue weighted by Crippen LogP contribution is 2.11. The molecule has 0 aliphatic rings. The molecular weight excluding hydrogens is 239 g/mol. The predicted molar refractivity (Wildman–Crippen MR) is 79.6 cm³/mol. The molecule has 0 saturated heterocycles. The highest BCUT2D eigenvalue weighted by atomic mass is 27.2. The van der Waals surface area contributed by atoms with Crippen molar-refractivity contribution in [3.05, 3.63) is 35.9 Å². The minimum atomic E-state index is -0.833. The summed E-state index contributed by atoms with van der Waals surface area (Å²) in [4.78, 5) is 9.00. The van der Waals surface area contributed by atoms with Crippen molar-refractivity contribution in [2.24, 2.45) is 0 Å². The maximum absolute atomic E-state index is 9.00. The van der Waals surface area contributed by atoms with Gasteiger partial charge in [-0.25, -0.2) is 0 Å². The molecule has 0 aromatic heterocycles. The fourth-order valence-electron chi connectivity index (χ4n) is 1.94. The Morgan fingerprint density at radius 3 is 2.11 bits per heavy atom. The van der Waals surface area contributed by atoms with Crippen molar-refractivity contribution in [1.82, 2.24) is 0 Å². The number of aliphatic carboxylic acids is 1. The van der Waals surface area contributed by atoms with Crippen molar-refractivity contribution in [3.8, 4) is 0 Å². The van der Waals surface area contributed by atoms with E-state index in [0.29, 0.717) is 0 Å². The zero-order chi connectivity index (χ0) is 13.8. The molecule has 0 aliphatic carbocycles. The van der Waals surface area contributed by atoms with E-state index in [1.807, 2.05) is 0 Å². The molecule has 0 unspecified atom stereocenters. The van der Waals surface area contributed by atoms with Crippen LogP contribution in [0.1, 0.15) is 32.8 Å². The lowest BCUT2D eigenvalue weighted by molar-refractivity contribution is -0.134. The van der Waals surface area contributed by atoms with Crippen LogP contribution in [0.5, 0.6) is 0 Å². The fraction of sp³-hybridized carbons (Fsp3) is 0.533. The van der Waals surface area contributed by atoms with Gasteiger partial charge in [0.2, 0.25) is 0 Å². The standard InChI is InChI=1S/C9H11.C2H4O2.2C2H5.Al/c1-2-6-9-7-4-3-5-8-9;1-2(3)4;2*1-2;/h3-5,7-8H,1-2,6H2;1H3,(H,3,4);2*1H2,2H3;. The first-order valence-electron chi connectivity index (χ1n) is 6.83. The molecule has 0 spiro atoms. The smallest absolute Gasteiger partial charge is 0.300 e. The molecule has 2 nitrogen and oxygen atoms in total. The Kier molecular flexibility index (Phi) is 10.8. The number of carbonyl (C=O) groups is 1. The summed E-state index contributed by atoms with van der Waals surface area (Å²) in [5.74, 6) is -0.833. The Morgan fingerprint density at radius 2 is 1.67 bits per heavy atom. The fourth-order valence-corrected chi connectivity index (χ4v) is 4.11. The van der Waals surface area contributed by atoms with E-state index in [-0.39, 0.29) is 14.1 Å². The zero-order valence-electron chi connectivity index (χ0n) is 11.9. The molecule has 0 saturated carbocycles. The van der Waals surface area contributed by atoms with Gasteiger partial charge < -0.3 is 5.11 Å². The number of hydrogen-bond donors (Lipinski definition) is 1. The summed E-state index contributed by atoms with van der Waals surface area (Å²) >= 11 is -0.333. The van der Waals surface area contributed by atoms with Crippen molar-refractivity contribution < 1.29 is 9.90 Å². The first-order valence-corrected chi connectivity index (χ1v) is 9.28. The summed E-state index contributed by atoms with van der Waals surface area (Å²) in [5.41, 5.74) is 1.51. The minimum absolute atomic E-state index is 0.333. The lowest BCUT2D eigenvalue weighted by Gasteiger charge is -2.05. The maximum Gasteiger partial charge on any atom is 0.300 e. The third kappa shape index (κ3) is 10.4. The summed E-state index contributed by atoms with van der Waals surface area (Å²) in [5, 5.41) is 11.9. The molecule has 0 aliphatic heterocycles. The van der Waals surface area contributed by atoms with Crippen LogP contribution in [-0.2, 0) is 11.2 Å². The number of carboxylic acid groups (broad SMARTS) is 1. The van der Waals surface area contributed by atoms with Crippen molar-refractivity contribution >= 4 is 20.1 Å². The molecule has 1 N–H and O–H groups in total. The zero-order valence-corrected chi connectivity index (χ0v) is 13.0. The summed E-state index contributed by atoms with van der Waals surface area (Å²) in [6.45, 7) is 5.81. The van der Waals surface area contributed by atoms with Crippen molar-refractivity contribution in [3.63, 3.8) is 0 Å². The quantitative estimate of drug-likeness (QED) is 0.780. The van der Waals surface area contributed by atoms with Gasteiger partial charge in [-0.2, -0.15) is 0 Å². The molecule has 0 heterocycles. The van der Waals surface area contributed by atoms with Crippen LogP contribution in [0.15, 0.2) is 30.3 Å². The first kappa shape index (κ1) is 17.2. The lowest BCUT2D eigenvalue weighted by Crippen LogP contribution is -2.08. The normalized spacial score (nSPS) is 9.28. The second-order valence-corrected chi connectivity index (χ2v) is 8.52. The van der Waals surface area contributed by atoms with E-state index in [2.05, 4.69) is 44.2 Å². The molecule has 1 aromatic rings. The third-order valence-electron chi connectivity index (χ3n) is 3.08. The van der Waals surface area contributed by atoms with Gasteiger partial charge in [0.25, 0.3) is 20.1 Å². The molecule has 0 fully saturated rings. The van der Waals surface area contributed by atoms with Crippen LogP contribution in [-0.4, -0.2) is 25.2 Å². The summed E-state index contributed by atoms with van der Waals surface area (Å²) in [7, 11) is 0. The van der Waals surface area contributed by atoms with Crippen molar-refractivity contribution in [1.29, 1.82) is 0 Å². The van der Waals surface area contributed by atoms with E-state index in [1.165, 1.54) is 34.3 Å². The monoisotopic (exact) mass is 264 g/mol. The molecule has 18 heavy (non-hydrogen) atoms. The summed E-state index contributed by atoms with van der Waals surface area (Å²) in [6.07, 6.45) is 2.69. The van der Waals surface area contributed by atoms with Crippen LogP contribution in [0.2, 0.25) is 15.8 Å². The Balaban J connectivity index is 0.000000631. The van der Waals surface area contributed by atoms with Gasteiger partial charge in [0.05, 0.1) is 0 Å². The number of aryl methyl sites for hydroxylation is 1. The highest BCUT2D eigenvalue weighted by Gasteiger charge is 2.10. The molecule has 0 amide bonds. The van der Waals surface area contributed by atoms with E-state index in [1.54, 1.807) is 0 Å². The number of rotatable bonds is 6. The Hall–Kier alpha value is -0.778. The van der Waals surface area contributed by atoms with Crippen LogP contribution >= 0.6 is 0 Å². The second kappa shape index (κ2) is 11.3. The van der Waals surface area contributed by atoms with E-state index in [4.69, 9.17) is 9.90 Å². The molecule has 0 bridgehead atoms. The van der Waals surface area contributed by atoms with Gasteiger partial charge in [-0.05, 0) is 12.0 Å². The molecule has 3 heteroatoms. The maximum atomic E-state index is 9.00. The van der Waals surface area contributed by atoms with Gasteiger partial charge in [-0.15, -0.1) is 0 Å². The van der Waals surface area contributed by atoms with Crippen LogP contribution < -0.4 is 0 Å². The molecule has 1 aromatic carbocycles. The average Bonchev–Trinajstić information content (AvgIpc) is 2.35. The van der Waals surface area contributed by atoms with E-state index >= 15 is 0 Å². The molecule has 0 radical (unpaired) electrons. The molecule has 1 rings (SSSR count). The average molecular weight is 264 g/mol. The van der Waals surface area contributed by atoms with Crippen molar-refractivity contribution in [2.45, 2.75) is 49.5 Å². The van der Waals surface area contributed by atoms with E-state index < -0.39 is 5.97 Å². The van der Waals surface area contributed by atoms with Crippen LogP contribution in [0.4, 0.5) is 0 Å². The third-order valence-corrected chi connectivity index (χ3v) is 6.61. The van der Waals surface area contributed by atoms with Crippen LogP contribution in [0, 0.1) is 0 Å². The van der Waals surface area contributed by atoms with E-state index in [0.717, 1.165) is 6.92 Å². The predicted octanol–water partition coefficient (Wildman–Crippen LogP) is 4.24. The SMILES string of the molecule is CC(=O)O.C[CH2][Al]([CH2]C)[CH2]CCc1ccccc1. The largest absolute Gasteiger partial charge is 0.481 e.